The predicted molar refractivity (Wildman–Crippen MR) is 71.0 cm³/mol. The highest BCUT2D eigenvalue weighted by atomic mass is 79.9. The highest BCUT2D eigenvalue weighted by molar-refractivity contribution is 9.11. The van der Waals surface area contributed by atoms with Gasteiger partial charge in [-0.3, -0.25) is 0 Å². The number of rotatable bonds is 4. The van der Waals surface area contributed by atoms with Crippen LogP contribution in [-0.2, 0) is 12.8 Å². The van der Waals surface area contributed by atoms with Crippen LogP contribution >= 0.6 is 27.3 Å². The Balaban J connectivity index is 1.71. The molecule has 0 aromatic carbocycles. The van der Waals surface area contributed by atoms with E-state index in [9.17, 15) is 0 Å². The summed E-state index contributed by atoms with van der Waals surface area (Å²) in [5, 5.41) is 7.82. The lowest BCUT2D eigenvalue weighted by molar-refractivity contribution is 0.368. The van der Waals surface area contributed by atoms with Crippen molar-refractivity contribution in [1.82, 2.24) is 20.3 Å². The average Bonchev–Trinajstić information content (AvgIpc) is 3.06. The number of hydrogen-bond donors (Lipinski definition) is 0. The van der Waals surface area contributed by atoms with Crippen LogP contribution < -0.4 is 0 Å². The summed E-state index contributed by atoms with van der Waals surface area (Å²) in [6, 6.07) is 1.85. The van der Waals surface area contributed by atoms with Gasteiger partial charge in [-0.2, -0.15) is 4.98 Å². The zero-order valence-electron chi connectivity index (χ0n) is 9.96. The highest BCUT2D eigenvalue weighted by Gasteiger charge is 2.12. The Morgan fingerprint density at radius 2 is 2.16 bits per heavy atom. The Morgan fingerprint density at radius 1 is 1.26 bits per heavy atom. The van der Waals surface area contributed by atoms with E-state index in [1.54, 1.807) is 5.51 Å². The van der Waals surface area contributed by atoms with Crippen molar-refractivity contribution < 1.29 is 9.05 Å². The second kappa shape index (κ2) is 5.22. The van der Waals surface area contributed by atoms with Crippen LogP contribution in [0, 0.1) is 6.92 Å². The molecule has 0 N–H and O–H groups in total. The van der Waals surface area contributed by atoms with Crippen LogP contribution in [-0.4, -0.2) is 20.3 Å². The molecule has 0 spiro atoms. The van der Waals surface area contributed by atoms with Crippen LogP contribution in [0.15, 0.2) is 24.4 Å². The molecule has 3 heterocycles. The molecule has 3 aromatic heterocycles. The molecular weight excluding hydrogens is 332 g/mol. The lowest BCUT2D eigenvalue weighted by Crippen LogP contribution is -1.93. The summed E-state index contributed by atoms with van der Waals surface area (Å²) in [4.78, 5) is 8.55. The van der Waals surface area contributed by atoms with Crippen LogP contribution in [0.4, 0.5) is 0 Å². The molecule has 0 amide bonds. The first-order valence-corrected chi connectivity index (χ1v) is 7.19. The number of halogens is 1. The van der Waals surface area contributed by atoms with E-state index in [2.05, 4.69) is 36.2 Å². The molecular formula is C11H9BrN4O2S. The standard InChI is InChI=1S/C11H9BrN4O2S/c1-6-2-7(15-17-6)3-10-14-9(16-18-10)4-8-11(12)19-5-13-8/h2,5H,3-4H2,1H3. The summed E-state index contributed by atoms with van der Waals surface area (Å²) in [6.45, 7) is 1.84. The van der Waals surface area contributed by atoms with E-state index >= 15 is 0 Å². The van der Waals surface area contributed by atoms with Crippen molar-refractivity contribution in [2.24, 2.45) is 0 Å². The number of hydrogen-bond acceptors (Lipinski definition) is 7. The van der Waals surface area contributed by atoms with E-state index in [-0.39, 0.29) is 0 Å². The summed E-state index contributed by atoms with van der Waals surface area (Å²) >= 11 is 4.97. The van der Waals surface area contributed by atoms with Gasteiger partial charge in [-0.1, -0.05) is 10.3 Å². The fraction of sp³-hybridized carbons (Fsp3) is 0.273. The fourth-order valence-electron chi connectivity index (χ4n) is 1.61. The van der Waals surface area contributed by atoms with E-state index in [0.717, 1.165) is 20.9 Å². The molecule has 8 heteroatoms. The molecule has 0 atom stereocenters. The zero-order chi connectivity index (χ0) is 13.2. The minimum Gasteiger partial charge on any atom is -0.361 e. The van der Waals surface area contributed by atoms with Crippen LogP contribution in [0.5, 0.6) is 0 Å². The van der Waals surface area contributed by atoms with Crippen molar-refractivity contribution in [3.8, 4) is 0 Å². The Kier molecular flexibility index (Phi) is 3.43. The largest absolute Gasteiger partial charge is 0.361 e. The smallest absolute Gasteiger partial charge is 0.232 e. The number of aryl methyl sites for hydroxylation is 1. The number of thiazole rings is 1. The van der Waals surface area contributed by atoms with Crippen LogP contribution in [0.3, 0.4) is 0 Å². The molecule has 0 saturated carbocycles. The van der Waals surface area contributed by atoms with Gasteiger partial charge in [0.1, 0.15) is 5.76 Å². The third-order valence-corrected chi connectivity index (χ3v) is 4.11. The third-order valence-electron chi connectivity index (χ3n) is 2.44. The van der Waals surface area contributed by atoms with Gasteiger partial charge in [0.15, 0.2) is 5.82 Å². The maximum atomic E-state index is 5.18. The molecule has 0 aliphatic carbocycles. The maximum Gasteiger partial charge on any atom is 0.232 e. The van der Waals surface area contributed by atoms with E-state index in [4.69, 9.17) is 9.05 Å². The molecule has 3 rings (SSSR count). The molecule has 98 valence electrons. The molecule has 6 nitrogen and oxygen atoms in total. The SMILES string of the molecule is Cc1cc(Cc2nc(Cc3ncsc3Br)no2)no1. The molecule has 0 aliphatic heterocycles. The summed E-state index contributed by atoms with van der Waals surface area (Å²) in [5.41, 5.74) is 3.47. The van der Waals surface area contributed by atoms with Crippen molar-refractivity contribution in [3.05, 3.63) is 44.2 Å². The third kappa shape index (κ3) is 2.90. The molecule has 0 radical (unpaired) electrons. The van der Waals surface area contributed by atoms with Crippen molar-refractivity contribution in [3.63, 3.8) is 0 Å². The lowest BCUT2D eigenvalue weighted by Gasteiger charge is -1.90. The monoisotopic (exact) mass is 340 g/mol. The fourth-order valence-corrected chi connectivity index (χ4v) is 2.64. The number of nitrogens with zero attached hydrogens (tertiary/aromatic N) is 4. The summed E-state index contributed by atoms with van der Waals surface area (Å²) in [7, 11) is 0. The first-order valence-electron chi connectivity index (χ1n) is 5.52. The maximum absolute atomic E-state index is 5.18. The van der Waals surface area contributed by atoms with Crippen LogP contribution in [0.25, 0.3) is 0 Å². The molecule has 3 aromatic rings. The number of aromatic nitrogens is 4. The zero-order valence-corrected chi connectivity index (χ0v) is 12.4. The summed E-state index contributed by atoms with van der Waals surface area (Å²) < 4.78 is 11.2. The van der Waals surface area contributed by atoms with Gasteiger partial charge in [-0.05, 0) is 22.9 Å². The lowest BCUT2D eigenvalue weighted by atomic mass is 10.3. The Hall–Kier alpha value is -1.54. The summed E-state index contributed by atoms with van der Waals surface area (Å²) in [6.07, 6.45) is 1.02. The van der Waals surface area contributed by atoms with E-state index in [1.807, 2.05) is 13.0 Å². The predicted octanol–water partition coefficient (Wildman–Crippen LogP) is 2.77. The van der Waals surface area contributed by atoms with E-state index in [0.29, 0.717) is 24.6 Å². The average molecular weight is 341 g/mol. The van der Waals surface area contributed by atoms with Gasteiger partial charge in [0.2, 0.25) is 5.89 Å². The molecule has 0 unspecified atom stereocenters. The van der Waals surface area contributed by atoms with Gasteiger partial charge in [0, 0.05) is 6.07 Å². The Morgan fingerprint density at radius 3 is 2.84 bits per heavy atom. The van der Waals surface area contributed by atoms with Crippen molar-refractivity contribution >= 4 is 27.3 Å². The van der Waals surface area contributed by atoms with E-state index in [1.165, 1.54) is 11.3 Å². The topological polar surface area (TPSA) is 77.8 Å². The molecule has 0 fully saturated rings. The minimum atomic E-state index is 0.475. The van der Waals surface area contributed by atoms with Gasteiger partial charge in [0.25, 0.3) is 0 Å². The second-order valence-electron chi connectivity index (χ2n) is 3.96. The highest BCUT2D eigenvalue weighted by Crippen LogP contribution is 2.22. The van der Waals surface area contributed by atoms with Crippen molar-refractivity contribution in [2.45, 2.75) is 19.8 Å². The molecule has 0 saturated heterocycles. The van der Waals surface area contributed by atoms with Gasteiger partial charge in [0.05, 0.1) is 33.5 Å². The molecule has 0 bridgehead atoms. The van der Waals surface area contributed by atoms with Gasteiger partial charge >= 0.3 is 0 Å². The second-order valence-corrected chi connectivity index (χ2v) is 6.13. The Bertz CT molecular complexity index is 690. The van der Waals surface area contributed by atoms with Crippen molar-refractivity contribution in [1.29, 1.82) is 0 Å². The van der Waals surface area contributed by atoms with Gasteiger partial charge in [-0.15, -0.1) is 11.3 Å². The van der Waals surface area contributed by atoms with Crippen molar-refractivity contribution in [2.75, 3.05) is 0 Å². The van der Waals surface area contributed by atoms with E-state index < -0.39 is 0 Å². The first kappa shape index (κ1) is 12.5. The first-order chi connectivity index (χ1) is 9.20. The Labute approximate surface area is 121 Å². The minimum absolute atomic E-state index is 0.475. The quantitative estimate of drug-likeness (QED) is 0.726. The molecule has 0 aliphatic rings. The van der Waals surface area contributed by atoms with Gasteiger partial charge in [-0.25, -0.2) is 4.98 Å². The van der Waals surface area contributed by atoms with Gasteiger partial charge < -0.3 is 9.05 Å². The summed E-state index contributed by atoms with van der Waals surface area (Å²) in [5.74, 6) is 1.90. The molecule has 19 heavy (non-hydrogen) atoms. The van der Waals surface area contributed by atoms with Crippen LogP contribution in [0.1, 0.15) is 28.9 Å². The normalized spacial score (nSPS) is 11.1. The van der Waals surface area contributed by atoms with Crippen LogP contribution in [0.2, 0.25) is 0 Å².